The summed E-state index contributed by atoms with van der Waals surface area (Å²) in [5.41, 5.74) is 4.16. The van der Waals surface area contributed by atoms with E-state index in [9.17, 15) is 15.3 Å². The molecule has 1 aromatic rings. The van der Waals surface area contributed by atoms with Gasteiger partial charge in [0.1, 0.15) is 5.75 Å². The highest BCUT2D eigenvalue weighted by Gasteiger charge is 2.11. The summed E-state index contributed by atoms with van der Waals surface area (Å²) >= 11 is 5.96. The maximum atomic E-state index is 10.1. The van der Waals surface area contributed by atoms with Crippen LogP contribution in [0, 0.1) is 0 Å². The molecule has 0 aliphatic carbocycles. The van der Waals surface area contributed by atoms with Crippen LogP contribution in [0.4, 0.5) is 0 Å². The highest BCUT2D eigenvalue weighted by molar-refractivity contribution is 6.31. The molecule has 0 aliphatic heterocycles. The molecule has 0 aromatic heterocycles. The van der Waals surface area contributed by atoms with Crippen LogP contribution in [0.3, 0.4) is 0 Å². The summed E-state index contributed by atoms with van der Waals surface area (Å²) in [5, 5.41) is 38.0. The third-order valence-corrected chi connectivity index (χ3v) is 3.33. The normalized spacial score (nSPS) is 13.3. The fraction of sp³-hybridized carbons (Fsp3) is 0.438. The van der Waals surface area contributed by atoms with E-state index in [0.29, 0.717) is 11.1 Å². The molecule has 0 radical (unpaired) electrons. The van der Waals surface area contributed by atoms with Crippen LogP contribution >= 0.6 is 11.6 Å². The molecule has 0 spiro atoms. The third-order valence-electron chi connectivity index (χ3n) is 3.00. The minimum Gasteiger partial charge on any atom is -0.508 e. The second kappa shape index (κ2) is 9.64. The Bertz CT molecular complexity index is 537. The van der Waals surface area contributed by atoms with E-state index in [-0.39, 0.29) is 36.8 Å². The fourth-order valence-electron chi connectivity index (χ4n) is 1.91. The zero-order valence-corrected chi connectivity index (χ0v) is 13.1. The SMILES string of the molecule is COCC(=C=CC[C@@H](O)c1ccc(O)cc1Cl)C[C@@H](O)CO. The van der Waals surface area contributed by atoms with Crippen LogP contribution < -0.4 is 0 Å². The molecule has 22 heavy (non-hydrogen) atoms. The molecule has 5 nitrogen and oxygen atoms in total. The van der Waals surface area contributed by atoms with Crippen LogP contribution in [0.1, 0.15) is 24.5 Å². The highest BCUT2D eigenvalue weighted by Crippen LogP contribution is 2.28. The minimum absolute atomic E-state index is 0.0387. The molecule has 0 saturated carbocycles. The lowest BCUT2D eigenvalue weighted by Gasteiger charge is -2.11. The molecule has 1 rings (SSSR count). The Labute approximate surface area is 134 Å². The van der Waals surface area contributed by atoms with Crippen molar-refractivity contribution in [1.29, 1.82) is 0 Å². The summed E-state index contributed by atoms with van der Waals surface area (Å²) in [6.07, 6.45) is 0.463. The second-order valence-corrected chi connectivity index (χ2v) is 5.29. The Kier molecular flexibility index (Phi) is 8.20. The molecule has 0 fully saturated rings. The Morgan fingerprint density at radius 2 is 2.14 bits per heavy atom. The molecule has 1 aromatic carbocycles. The molecular formula is C16H21ClO5. The maximum absolute atomic E-state index is 10.1. The molecule has 0 aliphatic rings. The lowest BCUT2D eigenvalue weighted by molar-refractivity contribution is 0.0914. The standard InChI is InChI=1S/C16H21ClO5/c1-22-10-11(7-13(20)9-18)3-2-4-16(21)14-6-5-12(19)8-15(14)17/h2,5-6,8,13,16,18-21H,4,7,9-10H2,1H3/t3?,13-,16-/m1/s1. The second-order valence-electron chi connectivity index (χ2n) is 4.88. The van der Waals surface area contributed by atoms with E-state index in [1.807, 2.05) is 0 Å². The number of phenols is 1. The Balaban J connectivity index is 2.76. The number of phenolic OH excluding ortho intramolecular Hbond substituents is 1. The third kappa shape index (κ3) is 6.20. The monoisotopic (exact) mass is 328 g/mol. The molecule has 122 valence electrons. The van der Waals surface area contributed by atoms with Crippen LogP contribution in [0.2, 0.25) is 5.02 Å². The highest BCUT2D eigenvalue weighted by atomic mass is 35.5. The van der Waals surface area contributed by atoms with Crippen molar-refractivity contribution in [2.45, 2.75) is 25.0 Å². The van der Waals surface area contributed by atoms with E-state index in [0.717, 1.165) is 0 Å². The Hall–Kier alpha value is -1.33. The number of aromatic hydroxyl groups is 1. The number of methoxy groups -OCH3 is 1. The van der Waals surface area contributed by atoms with Crippen LogP contribution in [0.5, 0.6) is 5.75 Å². The summed E-state index contributed by atoms with van der Waals surface area (Å²) in [7, 11) is 1.53. The van der Waals surface area contributed by atoms with Crippen molar-refractivity contribution in [2.75, 3.05) is 20.3 Å². The minimum atomic E-state index is -0.859. The van der Waals surface area contributed by atoms with Crippen molar-refractivity contribution in [3.05, 3.63) is 46.2 Å². The number of ether oxygens (including phenoxy) is 1. The summed E-state index contributed by atoms with van der Waals surface area (Å²) in [6.45, 7) is -0.0513. The van der Waals surface area contributed by atoms with Crippen molar-refractivity contribution < 1.29 is 25.2 Å². The van der Waals surface area contributed by atoms with Crippen LogP contribution in [-0.2, 0) is 4.74 Å². The largest absolute Gasteiger partial charge is 0.508 e. The van der Waals surface area contributed by atoms with E-state index in [2.05, 4.69) is 5.73 Å². The topological polar surface area (TPSA) is 90.2 Å². The predicted molar refractivity (Wildman–Crippen MR) is 83.9 cm³/mol. The fourth-order valence-corrected chi connectivity index (χ4v) is 2.21. The number of hydrogen-bond acceptors (Lipinski definition) is 5. The summed E-state index contributed by atoms with van der Waals surface area (Å²) in [6, 6.07) is 4.39. The molecular weight excluding hydrogens is 308 g/mol. The quantitative estimate of drug-likeness (QED) is 0.548. The van der Waals surface area contributed by atoms with Gasteiger partial charge in [-0.25, -0.2) is 0 Å². The lowest BCUT2D eigenvalue weighted by Crippen LogP contribution is -2.14. The molecule has 6 heteroatoms. The smallest absolute Gasteiger partial charge is 0.117 e. The first kappa shape index (κ1) is 18.7. The number of rotatable bonds is 8. The van der Waals surface area contributed by atoms with Crippen LogP contribution in [0.15, 0.2) is 35.6 Å². The van der Waals surface area contributed by atoms with Gasteiger partial charge in [-0.3, -0.25) is 0 Å². The van der Waals surface area contributed by atoms with Crippen molar-refractivity contribution in [3.8, 4) is 5.75 Å². The van der Waals surface area contributed by atoms with Gasteiger partial charge in [0.2, 0.25) is 0 Å². The van der Waals surface area contributed by atoms with Gasteiger partial charge < -0.3 is 25.2 Å². The van der Waals surface area contributed by atoms with Gasteiger partial charge >= 0.3 is 0 Å². The first-order valence-electron chi connectivity index (χ1n) is 6.85. The molecule has 4 N–H and O–H groups in total. The Morgan fingerprint density at radius 1 is 1.41 bits per heavy atom. The van der Waals surface area contributed by atoms with Gasteiger partial charge in [0, 0.05) is 20.0 Å². The molecule has 2 atom stereocenters. The zero-order chi connectivity index (χ0) is 16.5. The number of benzene rings is 1. The molecule has 0 heterocycles. The van der Waals surface area contributed by atoms with Gasteiger partial charge in [-0.15, -0.1) is 5.73 Å². The van der Waals surface area contributed by atoms with Crippen molar-refractivity contribution in [1.82, 2.24) is 0 Å². The molecule has 0 amide bonds. The van der Waals surface area contributed by atoms with Crippen LogP contribution in [0.25, 0.3) is 0 Å². The number of aliphatic hydroxyl groups is 3. The molecule has 0 bridgehead atoms. The van der Waals surface area contributed by atoms with E-state index in [4.69, 9.17) is 21.4 Å². The van der Waals surface area contributed by atoms with Gasteiger partial charge in [0.05, 0.1) is 30.4 Å². The lowest BCUT2D eigenvalue weighted by atomic mass is 10.1. The first-order chi connectivity index (χ1) is 10.5. The predicted octanol–water partition coefficient (Wildman–Crippen LogP) is 1.94. The van der Waals surface area contributed by atoms with Gasteiger partial charge in [-0.2, -0.15) is 0 Å². The molecule has 0 unspecified atom stereocenters. The number of halogens is 1. The van der Waals surface area contributed by atoms with E-state index < -0.39 is 12.2 Å². The van der Waals surface area contributed by atoms with E-state index >= 15 is 0 Å². The van der Waals surface area contributed by atoms with Crippen LogP contribution in [-0.4, -0.2) is 46.9 Å². The number of hydrogen-bond donors (Lipinski definition) is 4. The van der Waals surface area contributed by atoms with Gasteiger partial charge in [-0.05, 0) is 29.3 Å². The summed E-state index contributed by atoms with van der Waals surface area (Å²) < 4.78 is 5.00. The first-order valence-corrected chi connectivity index (χ1v) is 7.23. The van der Waals surface area contributed by atoms with Gasteiger partial charge in [0.15, 0.2) is 0 Å². The van der Waals surface area contributed by atoms with Gasteiger partial charge in [0.25, 0.3) is 0 Å². The van der Waals surface area contributed by atoms with Crippen molar-refractivity contribution in [2.24, 2.45) is 0 Å². The van der Waals surface area contributed by atoms with E-state index in [1.54, 1.807) is 12.1 Å². The average Bonchev–Trinajstić information content (AvgIpc) is 2.47. The van der Waals surface area contributed by atoms with Gasteiger partial charge in [-0.1, -0.05) is 17.7 Å². The average molecular weight is 329 g/mol. The maximum Gasteiger partial charge on any atom is 0.117 e. The van der Waals surface area contributed by atoms with Crippen molar-refractivity contribution >= 4 is 11.6 Å². The summed E-state index contributed by atoms with van der Waals surface area (Å²) in [4.78, 5) is 0. The Morgan fingerprint density at radius 3 is 2.73 bits per heavy atom. The van der Waals surface area contributed by atoms with E-state index in [1.165, 1.54) is 19.2 Å². The van der Waals surface area contributed by atoms with Crippen molar-refractivity contribution in [3.63, 3.8) is 0 Å². The molecule has 0 saturated heterocycles. The summed E-state index contributed by atoms with van der Waals surface area (Å²) in [5.74, 6) is 0.0387. The zero-order valence-electron chi connectivity index (χ0n) is 12.4. The number of aliphatic hydroxyl groups excluding tert-OH is 3.